The van der Waals surface area contributed by atoms with Crippen molar-refractivity contribution >= 4 is 22.4 Å². The Morgan fingerprint density at radius 3 is 2.67 bits per heavy atom. The van der Waals surface area contributed by atoms with Crippen LogP contribution in [0.3, 0.4) is 0 Å². The van der Waals surface area contributed by atoms with Crippen LogP contribution < -0.4 is 14.8 Å². The van der Waals surface area contributed by atoms with Crippen molar-refractivity contribution in [3.8, 4) is 11.5 Å². The van der Waals surface area contributed by atoms with Crippen LogP contribution in [0.25, 0.3) is 10.8 Å². The van der Waals surface area contributed by atoms with Gasteiger partial charge in [-0.2, -0.15) is 0 Å². The summed E-state index contributed by atoms with van der Waals surface area (Å²) in [5.41, 5.74) is 1.08. The summed E-state index contributed by atoms with van der Waals surface area (Å²) >= 11 is 0. The molecule has 2 aromatic carbocycles. The number of ether oxygens (including phenoxy) is 2. The van der Waals surface area contributed by atoms with Crippen LogP contribution in [0.4, 0.5) is 5.69 Å². The third kappa shape index (κ3) is 2.89. The molecule has 1 aliphatic heterocycles. The molecule has 5 nitrogen and oxygen atoms in total. The molecule has 1 saturated carbocycles. The van der Waals surface area contributed by atoms with E-state index in [0.717, 1.165) is 42.2 Å². The molecule has 1 aromatic heterocycles. The fourth-order valence-electron chi connectivity index (χ4n) is 3.96. The lowest BCUT2D eigenvalue weighted by molar-refractivity contribution is -0.105. The number of nitrogens with zero attached hydrogens (tertiary/aromatic N) is 1. The standard InChI is InChI=1S/C22H20N2O3/c25-21(20-17-7-3-2-6-15(17)10-13-23-20)24-16-8-9-18-19(14-16)27-22(26-18)11-4-1-5-12-22/h2-3,6-10,13-14H,1,4-5,11-12H2,(H,24,25). The first-order valence-corrected chi connectivity index (χ1v) is 9.40. The highest BCUT2D eigenvalue weighted by Gasteiger charge is 2.42. The monoisotopic (exact) mass is 360 g/mol. The largest absolute Gasteiger partial charge is 0.448 e. The molecule has 1 amide bonds. The van der Waals surface area contributed by atoms with E-state index >= 15 is 0 Å². The molecule has 0 saturated heterocycles. The summed E-state index contributed by atoms with van der Waals surface area (Å²) in [6.07, 6.45) is 6.93. The second-order valence-corrected chi connectivity index (χ2v) is 7.17. The topological polar surface area (TPSA) is 60.5 Å². The molecule has 1 fully saturated rings. The second-order valence-electron chi connectivity index (χ2n) is 7.17. The van der Waals surface area contributed by atoms with E-state index < -0.39 is 5.79 Å². The maximum atomic E-state index is 12.8. The average molecular weight is 360 g/mol. The van der Waals surface area contributed by atoms with Crippen LogP contribution in [0.2, 0.25) is 0 Å². The van der Waals surface area contributed by atoms with Gasteiger partial charge >= 0.3 is 0 Å². The van der Waals surface area contributed by atoms with Gasteiger partial charge in [0, 0.05) is 36.2 Å². The summed E-state index contributed by atoms with van der Waals surface area (Å²) in [6.45, 7) is 0. The molecule has 2 aliphatic rings. The number of carbonyl (C=O) groups excluding carboxylic acids is 1. The first-order valence-electron chi connectivity index (χ1n) is 9.40. The summed E-state index contributed by atoms with van der Waals surface area (Å²) in [5, 5.41) is 4.76. The van der Waals surface area contributed by atoms with Gasteiger partial charge in [0.05, 0.1) is 0 Å². The van der Waals surface area contributed by atoms with E-state index in [9.17, 15) is 4.79 Å². The van der Waals surface area contributed by atoms with Gasteiger partial charge in [-0.15, -0.1) is 0 Å². The minimum Gasteiger partial charge on any atom is -0.448 e. The van der Waals surface area contributed by atoms with E-state index in [0.29, 0.717) is 17.1 Å². The number of anilines is 1. The van der Waals surface area contributed by atoms with Crippen molar-refractivity contribution in [2.75, 3.05) is 5.32 Å². The zero-order valence-corrected chi connectivity index (χ0v) is 14.9. The maximum Gasteiger partial charge on any atom is 0.274 e. The van der Waals surface area contributed by atoms with Crippen LogP contribution in [0.5, 0.6) is 11.5 Å². The van der Waals surface area contributed by atoms with Crippen molar-refractivity contribution in [1.82, 2.24) is 4.98 Å². The summed E-state index contributed by atoms with van der Waals surface area (Å²) in [5.74, 6) is 0.692. The molecule has 1 aliphatic carbocycles. The molecule has 3 aromatic rings. The predicted molar refractivity (Wildman–Crippen MR) is 103 cm³/mol. The van der Waals surface area contributed by atoms with Gasteiger partial charge in [-0.25, -0.2) is 0 Å². The smallest absolute Gasteiger partial charge is 0.274 e. The minimum absolute atomic E-state index is 0.238. The lowest BCUT2D eigenvalue weighted by atomic mass is 9.94. The third-order valence-corrected chi connectivity index (χ3v) is 5.30. The molecular weight excluding hydrogens is 340 g/mol. The van der Waals surface area contributed by atoms with Crippen LogP contribution in [0.1, 0.15) is 42.6 Å². The number of benzene rings is 2. The molecule has 0 bridgehead atoms. The van der Waals surface area contributed by atoms with Gasteiger partial charge < -0.3 is 14.8 Å². The molecule has 0 radical (unpaired) electrons. The van der Waals surface area contributed by atoms with Gasteiger partial charge in [0.25, 0.3) is 11.7 Å². The quantitative estimate of drug-likeness (QED) is 0.705. The average Bonchev–Trinajstić information content (AvgIpc) is 3.04. The number of nitrogens with one attached hydrogen (secondary N) is 1. The fourth-order valence-corrected chi connectivity index (χ4v) is 3.96. The summed E-state index contributed by atoms with van der Waals surface area (Å²) in [4.78, 5) is 17.1. The Morgan fingerprint density at radius 2 is 1.78 bits per heavy atom. The summed E-state index contributed by atoms with van der Waals surface area (Å²) in [6, 6.07) is 15.2. The number of fused-ring (bicyclic) bond motifs is 2. The number of hydrogen-bond acceptors (Lipinski definition) is 4. The zero-order chi connectivity index (χ0) is 18.3. The number of rotatable bonds is 2. The number of carbonyl (C=O) groups is 1. The van der Waals surface area contributed by atoms with E-state index in [2.05, 4.69) is 10.3 Å². The van der Waals surface area contributed by atoms with Crippen molar-refractivity contribution < 1.29 is 14.3 Å². The SMILES string of the molecule is O=C(Nc1ccc2c(c1)OC1(CCCCC1)O2)c1nccc2ccccc12. The number of aromatic nitrogens is 1. The summed E-state index contributed by atoms with van der Waals surface area (Å²) < 4.78 is 12.2. The highest BCUT2D eigenvalue weighted by Crippen LogP contribution is 2.46. The van der Waals surface area contributed by atoms with Crippen LogP contribution >= 0.6 is 0 Å². The highest BCUT2D eigenvalue weighted by atomic mass is 16.7. The van der Waals surface area contributed by atoms with Crippen molar-refractivity contribution in [3.05, 3.63) is 60.4 Å². The van der Waals surface area contributed by atoms with Crippen molar-refractivity contribution in [2.24, 2.45) is 0 Å². The third-order valence-electron chi connectivity index (χ3n) is 5.30. The molecule has 5 heteroatoms. The van der Waals surface area contributed by atoms with Crippen LogP contribution in [-0.4, -0.2) is 16.7 Å². The van der Waals surface area contributed by atoms with Crippen LogP contribution in [0, 0.1) is 0 Å². The fraction of sp³-hybridized carbons (Fsp3) is 0.273. The van der Waals surface area contributed by atoms with E-state index in [1.165, 1.54) is 6.42 Å². The van der Waals surface area contributed by atoms with Gasteiger partial charge in [-0.3, -0.25) is 9.78 Å². The summed E-state index contributed by atoms with van der Waals surface area (Å²) in [7, 11) is 0. The Bertz CT molecular complexity index is 1020. The predicted octanol–water partition coefficient (Wildman–Crippen LogP) is 4.92. The molecule has 0 atom stereocenters. The lowest BCUT2D eigenvalue weighted by Crippen LogP contribution is -2.40. The van der Waals surface area contributed by atoms with E-state index in [1.54, 1.807) is 6.20 Å². The van der Waals surface area contributed by atoms with Gasteiger partial charge in [-0.05, 0) is 36.4 Å². The highest BCUT2D eigenvalue weighted by molar-refractivity contribution is 6.11. The van der Waals surface area contributed by atoms with Crippen molar-refractivity contribution in [2.45, 2.75) is 37.9 Å². The maximum absolute atomic E-state index is 12.8. The number of pyridine rings is 1. The molecular formula is C22H20N2O3. The van der Waals surface area contributed by atoms with Gasteiger partial charge in [0.15, 0.2) is 11.5 Å². The Kier molecular flexibility index (Phi) is 3.74. The minimum atomic E-state index is -0.513. The van der Waals surface area contributed by atoms with E-state index in [1.807, 2.05) is 48.5 Å². The van der Waals surface area contributed by atoms with Gasteiger partial charge in [0.1, 0.15) is 5.69 Å². The first-order chi connectivity index (χ1) is 13.2. The molecule has 0 unspecified atom stereocenters. The molecule has 1 spiro atoms. The Labute approximate surface area is 157 Å². The lowest BCUT2D eigenvalue weighted by Gasteiger charge is -2.31. The van der Waals surface area contributed by atoms with E-state index in [-0.39, 0.29) is 5.91 Å². The Morgan fingerprint density at radius 1 is 0.963 bits per heavy atom. The van der Waals surface area contributed by atoms with Crippen LogP contribution in [-0.2, 0) is 0 Å². The molecule has 1 N–H and O–H groups in total. The van der Waals surface area contributed by atoms with Gasteiger partial charge in [-0.1, -0.05) is 30.7 Å². The normalized spacial score (nSPS) is 17.2. The van der Waals surface area contributed by atoms with Gasteiger partial charge in [0.2, 0.25) is 0 Å². The second kappa shape index (κ2) is 6.27. The molecule has 27 heavy (non-hydrogen) atoms. The molecule has 2 heterocycles. The Hall–Kier alpha value is -3.08. The van der Waals surface area contributed by atoms with Crippen molar-refractivity contribution in [3.63, 3.8) is 0 Å². The number of hydrogen-bond donors (Lipinski definition) is 1. The zero-order valence-electron chi connectivity index (χ0n) is 14.9. The Balaban J connectivity index is 1.39. The van der Waals surface area contributed by atoms with Crippen LogP contribution in [0.15, 0.2) is 54.7 Å². The van der Waals surface area contributed by atoms with Crippen molar-refractivity contribution in [1.29, 1.82) is 0 Å². The number of amides is 1. The molecule has 136 valence electrons. The van der Waals surface area contributed by atoms with E-state index in [4.69, 9.17) is 9.47 Å². The first kappa shape index (κ1) is 16.1. The molecule has 5 rings (SSSR count).